The summed E-state index contributed by atoms with van der Waals surface area (Å²) in [5.41, 5.74) is 1.87. The first kappa shape index (κ1) is 11.6. The quantitative estimate of drug-likeness (QED) is 0.542. The number of hydrogen-bond acceptors (Lipinski definition) is 6. The van der Waals surface area contributed by atoms with Gasteiger partial charge in [0, 0.05) is 0 Å². The van der Waals surface area contributed by atoms with Crippen molar-refractivity contribution in [2.45, 2.75) is 5.22 Å². The third kappa shape index (κ3) is 2.12. The third-order valence-corrected chi connectivity index (χ3v) is 4.32. The average Bonchev–Trinajstić information content (AvgIpc) is 3.08. The van der Waals surface area contributed by atoms with E-state index in [-0.39, 0.29) is 14.7 Å². The molecule has 0 aliphatic rings. The van der Waals surface area contributed by atoms with Crippen LogP contribution in [0.25, 0.3) is 21.6 Å². The fourth-order valence-corrected chi connectivity index (χ4v) is 3.06. The maximum atomic E-state index is 5.55. The van der Waals surface area contributed by atoms with E-state index in [9.17, 15) is 0 Å². The van der Waals surface area contributed by atoms with Crippen LogP contribution in [0.3, 0.4) is 0 Å². The molecule has 5 nitrogen and oxygen atoms in total. The van der Waals surface area contributed by atoms with Crippen molar-refractivity contribution in [2.75, 3.05) is 6.26 Å². The summed E-state index contributed by atoms with van der Waals surface area (Å²) < 4.78 is 10.6. The normalized spacial score (nSPS) is 10.7. The third-order valence-electron chi connectivity index (χ3n) is 2.31. The summed E-state index contributed by atoms with van der Waals surface area (Å²) in [5.74, 6) is 0.531. The summed E-state index contributed by atoms with van der Waals surface area (Å²) in [6.45, 7) is 0. The molecule has 0 aliphatic heterocycles. The van der Waals surface area contributed by atoms with Crippen molar-refractivity contribution < 1.29 is 4.42 Å². The molecule has 0 saturated heterocycles. The summed E-state index contributed by atoms with van der Waals surface area (Å²) in [7, 11) is 0. The molecule has 1 aromatic carbocycles. The first-order chi connectivity index (χ1) is 8.88. The molecule has 0 unspecified atom stereocenters. The van der Waals surface area contributed by atoms with Crippen molar-refractivity contribution in [1.82, 2.24) is 19.4 Å². The van der Waals surface area contributed by atoms with Gasteiger partial charge >= 0.3 is 114 Å². The van der Waals surface area contributed by atoms with Crippen molar-refractivity contribution in [3.05, 3.63) is 30.3 Å². The molecule has 0 radical (unpaired) electrons. The molecule has 18 heavy (non-hydrogen) atoms. The Morgan fingerprint density at radius 2 is 1.94 bits per heavy atom. The zero-order valence-corrected chi connectivity index (χ0v) is 11.9. The Hall–Kier alpha value is -1.43. The van der Waals surface area contributed by atoms with Crippen LogP contribution in [0.15, 0.2) is 40.0 Å². The van der Waals surface area contributed by atoms with Crippen LogP contribution in [-0.2, 0) is 0 Å². The van der Waals surface area contributed by atoms with Crippen LogP contribution in [0.5, 0.6) is 0 Å². The summed E-state index contributed by atoms with van der Waals surface area (Å²) in [5, 5.41) is 12.8. The minimum atomic E-state index is -0.0899. The molecule has 3 rings (SSSR count). The van der Waals surface area contributed by atoms with Crippen LogP contribution in [0.2, 0.25) is 0 Å². The van der Waals surface area contributed by atoms with Crippen LogP contribution in [0, 0.1) is 0 Å². The Balaban J connectivity index is 2.07. The number of thioether (sulfide) groups is 1. The van der Waals surface area contributed by atoms with E-state index in [4.69, 9.17) is 4.42 Å². The first-order valence-electron chi connectivity index (χ1n) is 5.14. The molecule has 0 fully saturated rings. The predicted molar refractivity (Wildman–Crippen MR) is 69.5 cm³/mol. The van der Waals surface area contributed by atoms with Gasteiger partial charge in [-0.25, -0.2) is 0 Å². The van der Waals surface area contributed by atoms with Crippen LogP contribution in [0.4, 0.5) is 0 Å². The van der Waals surface area contributed by atoms with Crippen molar-refractivity contribution in [2.24, 2.45) is 0 Å². The van der Waals surface area contributed by atoms with E-state index in [1.807, 2.05) is 36.6 Å². The summed E-state index contributed by atoms with van der Waals surface area (Å²) in [4.78, 5) is 0. The van der Waals surface area contributed by atoms with Gasteiger partial charge in [0.25, 0.3) is 0 Å². The van der Waals surface area contributed by atoms with E-state index >= 15 is 0 Å². The number of benzene rings is 1. The summed E-state index contributed by atoms with van der Waals surface area (Å²) in [6, 6.07) is 9.92. The van der Waals surface area contributed by atoms with Gasteiger partial charge in [0.05, 0.1) is 0 Å². The molecule has 0 spiro atoms. The van der Waals surface area contributed by atoms with Gasteiger partial charge in [-0.2, -0.15) is 0 Å². The van der Waals surface area contributed by atoms with Crippen molar-refractivity contribution >= 4 is 26.5 Å². The Kier molecular flexibility index (Phi) is 3.27. The average molecular weight is 323 g/mol. The molecule has 2 heterocycles. The number of hydrogen-bond donors (Lipinski definition) is 0. The second-order valence-corrected chi connectivity index (χ2v) is 5.73. The summed E-state index contributed by atoms with van der Waals surface area (Å²) >= 11 is 1.34. The van der Waals surface area contributed by atoms with Gasteiger partial charge < -0.3 is 0 Å². The van der Waals surface area contributed by atoms with Gasteiger partial charge in [0.1, 0.15) is 0 Å². The van der Waals surface area contributed by atoms with E-state index in [0.29, 0.717) is 11.1 Å². The molecule has 2 aromatic heterocycles. The molecule has 0 amide bonds. The molecule has 0 aliphatic carbocycles. The topological polar surface area (TPSA) is 64.7 Å². The molecule has 0 N–H and O–H groups in total. The monoisotopic (exact) mass is 324 g/mol. The van der Waals surface area contributed by atoms with Gasteiger partial charge in [-0.1, -0.05) is 0 Å². The van der Waals surface area contributed by atoms with Crippen LogP contribution in [-0.4, -0.2) is 40.4 Å². The maximum absolute atomic E-state index is 5.55. The van der Waals surface area contributed by atoms with Gasteiger partial charge in [-0.3, -0.25) is 0 Å². The van der Waals surface area contributed by atoms with E-state index in [0.717, 1.165) is 15.7 Å². The van der Waals surface area contributed by atoms with E-state index in [2.05, 4.69) is 19.4 Å². The molecule has 7 heteroatoms. The zero-order valence-electron chi connectivity index (χ0n) is 9.40. The standard InChI is InChI=1S/C11H8N4OSSe/c1-17-11-14-13-10(16-11)9-8(12-15-18-9)7-5-3-2-4-6-7/h2-6H,1H3. The van der Waals surface area contributed by atoms with Crippen LogP contribution >= 0.6 is 11.8 Å². The van der Waals surface area contributed by atoms with E-state index < -0.39 is 0 Å². The fourth-order valence-electron chi connectivity index (χ4n) is 1.50. The van der Waals surface area contributed by atoms with E-state index in [1.165, 1.54) is 11.8 Å². The van der Waals surface area contributed by atoms with Gasteiger partial charge in [-0.15, -0.1) is 0 Å². The minimum absolute atomic E-state index is 0.0899. The first-order valence-corrected chi connectivity index (χ1v) is 7.99. The zero-order chi connectivity index (χ0) is 12.4. The second kappa shape index (κ2) is 5.05. The molecule has 0 saturated carbocycles. The number of nitrogens with zero attached hydrogens (tertiary/aromatic N) is 4. The van der Waals surface area contributed by atoms with Crippen LogP contribution in [0.1, 0.15) is 0 Å². The van der Waals surface area contributed by atoms with Crippen LogP contribution < -0.4 is 0 Å². The van der Waals surface area contributed by atoms with Crippen molar-refractivity contribution in [3.8, 4) is 21.6 Å². The molecular weight excluding hydrogens is 315 g/mol. The Bertz CT molecular complexity index is 652. The molecule has 3 aromatic rings. The SMILES string of the molecule is CSc1nnc(-c2[se]nnc2-c2ccccc2)o1. The Labute approximate surface area is 114 Å². The molecule has 90 valence electrons. The Morgan fingerprint density at radius 1 is 1.11 bits per heavy atom. The summed E-state index contributed by atoms with van der Waals surface area (Å²) in [6.07, 6.45) is 1.90. The number of rotatable bonds is 3. The Morgan fingerprint density at radius 3 is 2.67 bits per heavy atom. The van der Waals surface area contributed by atoms with Gasteiger partial charge in [0.15, 0.2) is 0 Å². The molecule has 0 bridgehead atoms. The van der Waals surface area contributed by atoms with Gasteiger partial charge in [0.2, 0.25) is 0 Å². The molecular formula is C11H8N4OSSe. The van der Waals surface area contributed by atoms with Crippen molar-refractivity contribution in [3.63, 3.8) is 0 Å². The second-order valence-electron chi connectivity index (χ2n) is 3.39. The van der Waals surface area contributed by atoms with E-state index in [1.54, 1.807) is 0 Å². The molecule has 0 atom stereocenters. The predicted octanol–water partition coefficient (Wildman–Crippen LogP) is 1.97. The van der Waals surface area contributed by atoms with Crippen molar-refractivity contribution in [1.29, 1.82) is 0 Å². The fraction of sp³-hybridized carbons (Fsp3) is 0.0909. The van der Waals surface area contributed by atoms with Gasteiger partial charge in [-0.05, 0) is 0 Å². The number of aromatic nitrogens is 4.